The van der Waals surface area contributed by atoms with Gasteiger partial charge in [-0.05, 0) is 48.9 Å². The van der Waals surface area contributed by atoms with E-state index in [0.717, 1.165) is 28.4 Å². The Morgan fingerprint density at radius 3 is 2.04 bits per heavy atom. The molecule has 0 aromatic heterocycles. The summed E-state index contributed by atoms with van der Waals surface area (Å²) in [6.45, 7) is 5.92. The van der Waals surface area contributed by atoms with Crippen LogP contribution in [0.5, 0.6) is 5.75 Å². The Kier molecular flexibility index (Phi) is 4.66. The zero-order valence-corrected chi connectivity index (χ0v) is 14.1. The average molecular weight is 315 g/mol. The van der Waals surface area contributed by atoms with Crippen LogP contribution in [0.2, 0.25) is 0 Å². The quantitative estimate of drug-likeness (QED) is 0.562. The molecule has 0 N–H and O–H groups in total. The van der Waals surface area contributed by atoms with Crippen LogP contribution in [0.25, 0.3) is 6.08 Å². The van der Waals surface area contributed by atoms with Crippen LogP contribution in [0.4, 0.5) is 17.1 Å². The SMILES string of the molecule is C=Cc1ccc(N(c2ccc(C)cc2)c2cccc(OC)c2)cc1. The second-order valence-corrected chi connectivity index (χ2v) is 5.67. The maximum atomic E-state index is 5.39. The molecule has 3 aromatic rings. The summed E-state index contributed by atoms with van der Waals surface area (Å²) in [6, 6.07) is 25.0. The van der Waals surface area contributed by atoms with Gasteiger partial charge in [-0.25, -0.2) is 0 Å². The third kappa shape index (κ3) is 3.33. The summed E-state index contributed by atoms with van der Waals surface area (Å²) in [4.78, 5) is 2.22. The molecule has 0 bridgehead atoms. The first-order chi connectivity index (χ1) is 11.7. The number of hydrogen-bond acceptors (Lipinski definition) is 2. The molecular weight excluding hydrogens is 294 g/mol. The summed E-state index contributed by atoms with van der Waals surface area (Å²) in [6.07, 6.45) is 1.85. The lowest BCUT2D eigenvalue weighted by Gasteiger charge is -2.26. The van der Waals surface area contributed by atoms with Gasteiger partial charge in [0.1, 0.15) is 5.75 Å². The molecular formula is C22H21NO. The largest absolute Gasteiger partial charge is 0.497 e. The molecule has 2 nitrogen and oxygen atoms in total. The molecule has 0 saturated carbocycles. The summed E-state index contributed by atoms with van der Waals surface area (Å²) in [5, 5.41) is 0. The Balaban J connectivity index is 2.11. The third-order valence-corrected chi connectivity index (χ3v) is 3.99. The molecule has 120 valence electrons. The van der Waals surface area contributed by atoms with Crippen molar-refractivity contribution < 1.29 is 4.74 Å². The summed E-state index contributed by atoms with van der Waals surface area (Å²) in [5.74, 6) is 0.840. The van der Waals surface area contributed by atoms with Gasteiger partial charge in [0.15, 0.2) is 0 Å². The van der Waals surface area contributed by atoms with Gasteiger partial charge in [-0.3, -0.25) is 0 Å². The summed E-state index contributed by atoms with van der Waals surface area (Å²) in [5.41, 5.74) is 5.61. The van der Waals surface area contributed by atoms with Crippen LogP contribution in [0.15, 0.2) is 79.4 Å². The Morgan fingerprint density at radius 2 is 1.46 bits per heavy atom. The normalized spacial score (nSPS) is 10.2. The van der Waals surface area contributed by atoms with E-state index in [1.165, 1.54) is 5.56 Å². The molecule has 0 amide bonds. The van der Waals surface area contributed by atoms with E-state index in [-0.39, 0.29) is 0 Å². The van der Waals surface area contributed by atoms with Crippen LogP contribution < -0.4 is 9.64 Å². The zero-order valence-electron chi connectivity index (χ0n) is 14.1. The van der Waals surface area contributed by atoms with Crippen LogP contribution >= 0.6 is 0 Å². The second-order valence-electron chi connectivity index (χ2n) is 5.67. The first-order valence-electron chi connectivity index (χ1n) is 7.94. The fourth-order valence-corrected chi connectivity index (χ4v) is 2.65. The highest BCUT2D eigenvalue weighted by atomic mass is 16.5. The van der Waals surface area contributed by atoms with Crippen molar-refractivity contribution in [3.63, 3.8) is 0 Å². The third-order valence-electron chi connectivity index (χ3n) is 3.99. The molecule has 0 heterocycles. The first kappa shape index (κ1) is 15.9. The molecule has 3 rings (SSSR count). The van der Waals surface area contributed by atoms with Crippen molar-refractivity contribution in [2.24, 2.45) is 0 Å². The van der Waals surface area contributed by atoms with E-state index >= 15 is 0 Å². The molecule has 0 saturated heterocycles. The number of hydrogen-bond donors (Lipinski definition) is 0. The van der Waals surface area contributed by atoms with Gasteiger partial charge in [0.25, 0.3) is 0 Å². The van der Waals surface area contributed by atoms with E-state index in [9.17, 15) is 0 Å². The minimum absolute atomic E-state index is 0.840. The summed E-state index contributed by atoms with van der Waals surface area (Å²) in [7, 11) is 1.69. The molecule has 0 aliphatic heterocycles. The van der Waals surface area contributed by atoms with Gasteiger partial charge in [-0.2, -0.15) is 0 Å². The molecule has 0 unspecified atom stereocenters. The Morgan fingerprint density at radius 1 is 0.833 bits per heavy atom. The van der Waals surface area contributed by atoms with Crippen LogP contribution in [-0.4, -0.2) is 7.11 Å². The molecule has 0 radical (unpaired) electrons. The number of rotatable bonds is 5. The number of methoxy groups -OCH3 is 1. The van der Waals surface area contributed by atoms with Crippen molar-refractivity contribution in [1.82, 2.24) is 0 Å². The fourth-order valence-electron chi connectivity index (χ4n) is 2.65. The molecule has 0 aliphatic rings. The van der Waals surface area contributed by atoms with E-state index in [2.05, 4.69) is 73.0 Å². The maximum Gasteiger partial charge on any atom is 0.120 e. The monoisotopic (exact) mass is 315 g/mol. The predicted octanol–water partition coefficient (Wildman–Crippen LogP) is 6.12. The molecule has 0 aliphatic carbocycles. The molecule has 24 heavy (non-hydrogen) atoms. The highest BCUT2D eigenvalue weighted by molar-refractivity contribution is 5.77. The lowest BCUT2D eigenvalue weighted by atomic mass is 10.1. The smallest absolute Gasteiger partial charge is 0.120 e. The second kappa shape index (κ2) is 7.05. The van der Waals surface area contributed by atoms with Crippen LogP contribution in [0.3, 0.4) is 0 Å². The number of ether oxygens (including phenoxy) is 1. The summed E-state index contributed by atoms with van der Waals surface area (Å²) < 4.78 is 5.39. The first-order valence-corrected chi connectivity index (χ1v) is 7.94. The van der Waals surface area contributed by atoms with E-state index in [1.807, 2.05) is 24.3 Å². The highest BCUT2D eigenvalue weighted by Gasteiger charge is 2.12. The van der Waals surface area contributed by atoms with Gasteiger partial charge in [-0.15, -0.1) is 0 Å². The van der Waals surface area contributed by atoms with Gasteiger partial charge in [-0.1, -0.05) is 48.6 Å². The van der Waals surface area contributed by atoms with E-state index in [4.69, 9.17) is 4.74 Å². The number of aryl methyl sites for hydroxylation is 1. The maximum absolute atomic E-state index is 5.39. The highest BCUT2D eigenvalue weighted by Crippen LogP contribution is 2.36. The number of anilines is 3. The number of benzene rings is 3. The summed E-state index contributed by atoms with van der Waals surface area (Å²) >= 11 is 0. The van der Waals surface area contributed by atoms with Crippen LogP contribution in [0, 0.1) is 6.92 Å². The van der Waals surface area contributed by atoms with Gasteiger partial charge in [0, 0.05) is 23.1 Å². The number of nitrogens with zero attached hydrogens (tertiary/aromatic N) is 1. The molecule has 0 spiro atoms. The van der Waals surface area contributed by atoms with Gasteiger partial charge < -0.3 is 9.64 Å². The van der Waals surface area contributed by atoms with Crippen molar-refractivity contribution >= 4 is 23.1 Å². The van der Waals surface area contributed by atoms with Crippen LogP contribution in [-0.2, 0) is 0 Å². The molecule has 2 heteroatoms. The molecule has 3 aromatic carbocycles. The molecule has 0 atom stereocenters. The van der Waals surface area contributed by atoms with Crippen molar-refractivity contribution in [3.05, 3.63) is 90.5 Å². The fraction of sp³-hybridized carbons (Fsp3) is 0.0909. The van der Waals surface area contributed by atoms with Crippen LogP contribution in [0.1, 0.15) is 11.1 Å². The van der Waals surface area contributed by atoms with Crippen molar-refractivity contribution in [3.8, 4) is 5.75 Å². The average Bonchev–Trinajstić information content (AvgIpc) is 2.64. The lowest BCUT2D eigenvalue weighted by Crippen LogP contribution is -2.10. The Labute approximate surface area is 143 Å². The molecule has 0 fully saturated rings. The van der Waals surface area contributed by atoms with E-state index in [0.29, 0.717) is 0 Å². The standard InChI is InChI=1S/C22H21NO/c1-4-18-10-14-20(15-11-18)23(19-12-8-17(2)9-13-19)21-6-5-7-22(16-21)24-3/h4-16H,1H2,2-3H3. The van der Waals surface area contributed by atoms with Crippen molar-refractivity contribution in [2.45, 2.75) is 6.92 Å². The minimum atomic E-state index is 0.840. The Hall–Kier alpha value is -3.00. The van der Waals surface area contributed by atoms with E-state index < -0.39 is 0 Å². The van der Waals surface area contributed by atoms with Gasteiger partial charge in [0.05, 0.1) is 7.11 Å². The minimum Gasteiger partial charge on any atom is -0.497 e. The Bertz CT molecular complexity index is 819. The van der Waals surface area contributed by atoms with Crippen molar-refractivity contribution in [1.29, 1.82) is 0 Å². The zero-order chi connectivity index (χ0) is 16.9. The van der Waals surface area contributed by atoms with Gasteiger partial charge >= 0.3 is 0 Å². The van der Waals surface area contributed by atoms with Crippen molar-refractivity contribution in [2.75, 3.05) is 12.0 Å². The van der Waals surface area contributed by atoms with Gasteiger partial charge in [0.2, 0.25) is 0 Å². The predicted molar refractivity (Wildman–Crippen MR) is 103 cm³/mol. The van der Waals surface area contributed by atoms with E-state index in [1.54, 1.807) is 7.11 Å². The lowest BCUT2D eigenvalue weighted by molar-refractivity contribution is 0.415. The topological polar surface area (TPSA) is 12.5 Å².